The van der Waals surface area contributed by atoms with E-state index in [2.05, 4.69) is 17.1 Å². The van der Waals surface area contributed by atoms with Crippen LogP contribution in [0.4, 0.5) is 0 Å². The molecule has 0 spiro atoms. The van der Waals surface area contributed by atoms with Crippen LogP contribution in [0.15, 0.2) is 0 Å². The predicted octanol–water partition coefficient (Wildman–Crippen LogP) is 2.00. The van der Waals surface area contributed by atoms with Gasteiger partial charge in [-0.2, -0.15) is 0 Å². The highest BCUT2D eigenvalue weighted by Gasteiger charge is 2.33. The second-order valence-electron chi connectivity index (χ2n) is 6.36. The van der Waals surface area contributed by atoms with Crippen LogP contribution in [0.3, 0.4) is 0 Å². The van der Waals surface area contributed by atoms with Crippen LogP contribution in [-0.4, -0.2) is 48.3 Å². The summed E-state index contributed by atoms with van der Waals surface area (Å²) in [5, 5.41) is 14.0. The molecule has 106 valence electrons. The minimum Gasteiger partial charge on any atom is -0.389 e. The first-order valence-electron chi connectivity index (χ1n) is 7.87. The molecule has 0 unspecified atom stereocenters. The van der Waals surface area contributed by atoms with Crippen molar-refractivity contribution in [1.82, 2.24) is 10.2 Å². The van der Waals surface area contributed by atoms with Gasteiger partial charge in [-0.1, -0.05) is 19.8 Å². The second kappa shape index (κ2) is 6.88. The Bertz CT molecular complexity index is 231. The van der Waals surface area contributed by atoms with Crippen molar-refractivity contribution in [3.8, 4) is 0 Å². The zero-order chi connectivity index (χ0) is 12.8. The van der Waals surface area contributed by atoms with E-state index < -0.39 is 0 Å². The highest BCUT2D eigenvalue weighted by molar-refractivity contribution is 4.88. The Labute approximate surface area is 112 Å². The van der Waals surface area contributed by atoms with Gasteiger partial charge in [0, 0.05) is 6.54 Å². The number of hydrogen-bond donors (Lipinski definition) is 2. The van der Waals surface area contributed by atoms with Crippen molar-refractivity contribution < 1.29 is 5.11 Å². The lowest BCUT2D eigenvalue weighted by molar-refractivity contribution is 0.000235. The topological polar surface area (TPSA) is 35.5 Å². The van der Waals surface area contributed by atoms with Gasteiger partial charge in [-0.3, -0.25) is 0 Å². The highest BCUT2D eigenvalue weighted by atomic mass is 16.3. The van der Waals surface area contributed by atoms with Crippen molar-refractivity contribution in [1.29, 1.82) is 0 Å². The van der Waals surface area contributed by atoms with Crippen molar-refractivity contribution in [3.05, 3.63) is 0 Å². The summed E-state index contributed by atoms with van der Waals surface area (Å²) in [7, 11) is 0. The van der Waals surface area contributed by atoms with Crippen LogP contribution in [0.2, 0.25) is 0 Å². The molecule has 0 aromatic carbocycles. The molecule has 2 N–H and O–H groups in total. The summed E-state index contributed by atoms with van der Waals surface area (Å²) in [4.78, 5) is 2.49. The van der Waals surface area contributed by atoms with Gasteiger partial charge in [0.2, 0.25) is 0 Å². The molecule has 0 atom stereocenters. The minimum absolute atomic E-state index is 0.354. The molecule has 0 aromatic heterocycles. The van der Waals surface area contributed by atoms with Crippen LogP contribution in [0.1, 0.15) is 51.9 Å². The Morgan fingerprint density at radius 1 is 1.22 bits per heavy atom. The first kappa shape index (κ1) is 14.3. The maximum atomic E-state index is 10.4. The fourth-order valence-corrected chi connectivity index (χ4v) is 3.44. The largest absolute Gasteiger partial charge is 0.389 e. The maximum absolute atomic E-state index is 10.4. The molecule has 2 rings (SSSR count). The Hall–Kier alpha value is -0.120. The number of likely N-dealkylation sites (tertiary alicyclic amines) is 1. The van der Waals surface area contributed by atoms with Crippen molar-refractivity contribution >= 4 is 0 Å². The lowest BCUT2D eigenvalue weighted by Gasteiger charge is -2.36. The quantitative estimate of drug-likeness (QED) is 0.712. The van der Waals surface area contributed by atoms with Crippen molar-refractivity contribution in [2.75, 3.05) is 32.7 Å². The van der Waals surface area contributed by atoms with Crippen molar-refractivity contribution in [3.63, 3.8) is 0 Å². The van der Waals surface area contributed by atoms with Crippen LogP contribution in [0.25, 0.3) is 0 Å². The number of aliphatic hydroxyl groups is 1. The average Bonchev–Trinajstić information content (AvgIpc) is 2.78. The molecule has 0 bridgehead atoms. The fraction of sp³-hybridized carbons (Fsp3) is 1.00. The number of rotatable bonds is 6. The van der Waals surface area contributed by atoms with E-state index >= 15 is 0 Å². The van der Waals surface area contributed by atoms with E-state index in [9.17, 15) is 5.11 Å². The van der Waals surface area contributed by atoms with Crippen molar-refractivity contribution in [2.45, 2.75) is 57.5 Å². The van der Waals surface area contributed by atoms with E-state index in [1.54, 1.807) is 0 Å². The third-order valence-corrected chi connectivity index (χ3v) is 4.62. The van der Waals surface area contributed by atoms with Gasteiger partial charge in [0.15, 0.2) is 0 Å². The molecule has 18 heavy (non-hydrogen) atoms. The third kappa shape index (κ3) is 4.22. The third-order valence-electron chi connectivity index (χ3n) is 4.62. The molecule has 1 aliphatic heterocycles. The Kier molecular flexibility index (Phi) is 5.46. The lowest BCUT2D eigenvalue weighted by atomic mass is 9.94. The molecule has 1 saturated heterocycles. The fourth-order valence-electron chi connectivity index (χ4n) is 3.44. The number of hydrogen-bond acceptors (Lipinski definition) is 3. The molecule has 2 fully saturated rings. The summed E-state index contributed by atoms with van der Waals surface area (Å²) in [6.07, 6.45) is 8.29. The molecule has 0 radical (unpaired) electrons. The van der Waals surface area contributed by atoms with Crippen LogP contribution >= 0.6 is 0 Å². The van der Waals surface area contributed by atoms with Crippen LogP contribution in [-0.2, 0) is 0 Å². The van der Waals surface area contributed by atoms with Crippen LogP contribution in [0, 0.1) is 5.92 Å². The molecular formula is C15H30N2O. The van der Waals surface area contributed by atoms with Gasteiger partial charge < -0.3 is 15.3 Å². The molecule has 0 amide bonds. The maximum Gasteiger partial charge on any atom is 0.0774 e. The number of β-amino-alcohol motifs (C(OH)–C–C–N with tert-alkyl or cyclic N) is 1. The first-order valence-corrected chi connectivity index (χ1v) is 7.87. The summed E-state index contributed by atoms with van der Waals surface area (Å²) < 4.78 is 0. The van der Waals surface area contributed by atoms with E-state index in [1.165, 1.54) is 51.7 Å². The number of nitrogens with one attached hydrogen (secondary N) is 1. The van der Waals surface area contributed by atoms with Gasteiger partial charge in [-0.15, -0.1) is 0 Å². The average molecular weight is 254 g/mol. The molecule has 3 heteroatoms. The Balaban J connectivity index is 1.64. The normalized spacial score (nSPS) is 25.7. The van der Waals surface area contributed by atoms with Gasteiger partial charge in [-0.05, 0) is 64.2 Å². The van der Waals surface area contributed by atoms with E-state index in [1.807, 2.05) is 0 Å². The zero-order valence-electron chi connectivity index (χ0n) is 12.0. The van der Waals surface area contributed by atoms with E-state index in [4.69, 9.17) is 0 Å². The van der Waals surface area contributed by atoms with Gasteiger partial charge in [-0.25, -0.2) is 0 Å². The van der Waals surface area contributed by atoms with E-state index in [-0.39, 0.29) is 5.60 Å². The zero-order valence-corrected chi connectivity index (χ0v) is 12.0. The molecular weight excluding hydrogens is 224 g/mol. The predicted molar refractivity (Wildman–Crippen MR) is 75.7 cm³/mol. The monoisotopic (exact) mass is 254 g/mol. The lowest BCUT2D eigenvalue weighted by Crippen LogP contribution is -2.45. The van der Waals surface area contributed by atoms with Crippen LogP contribution < -0.4 is 5.32 Å². The molecule has 2 aliphatic rings. The second-order valence-corrected chi connectivity index (χ2v) is 6.36. The Morgan fingerprint density at radius 2 is 1.89 bits per heavy atom. The van der Waals surface area contributed by atoms with Gasteiger partial charge in [0.25, 0.3) is 0 Å². The first-order chi connectivity index (χ1) is 8.72. The van der Waals surface area contributed by atoms with Gasteiger partial charge in [0.05, 0.1) is 5.60 Å². The summed E-state index contributed by atoms with van der Waals surface area (Å²) in [5.74, 6) is 0.853. The van der Waals surface area contributed by atoms with Crippen LogP contribution in [0.5, 0.6) is 0 Å². The molecule has 3 nitrogen and oxygen atoms in total. The van der Waals surface area contributed by atoms with E-state index in [0.29, 0.717) is 0 Å². The Morgan fingerprint density at radius 3 is 2.50 bits per heavy atom. The molecule has 1 aliphatic carbocycles. The SMILES string of the molecule is CCCNCC1CCN(CC2(O)CCCC2)CC1. The smallest absolute Gasteiger partial charge is 0.0774 e. The van der Waals surface area contributed by atoms with E-state index in [0.717, 1.165) is 31.8 Å². The number of nitrogens with zero attached hydrogens (tertiary/aromatic N) is 1. The van der Waals surface area contributed by atoms with Gasteiger partial charge >= 0.3 is 0 Å². The summed E-state index contributed by atoms with van der Waals surface area (Å²) >= 11 is 0. The summed E-state index contributed by atoms with van der Waals surface area (Å²) in [5.41, 5.74) is -0.354. The number of piperidine rings is 1. The molecule has 1 heterocycles. The molecule has 1 saturated carbocycles. The van der Waals surface area contributed by atoms with Crippen molar-refractivity contribution in [2.24, 2.45) is 5.92 Å². The summed E-state index contributed by atoms with van der Waals surface area (Å²) in [6, 6.07) is 0. The molecule has 0 aromatic rings. The summed E-state index contributed by atoms with van der Waals surface area (Å²) in [6.45, 7) is 7.84. The highest BCUT2D eigenvalue weighted by Crippen LogP contribution is 2.31. The minimum atomic E-state index is -0.354. The standard InChI is InChI=1S/C15H30N2O/c1-2-9-16-12-14-5-10-17(11-6-14)13-15(18)7-3-4-8-15/h14,16,18H,2-13H2,1H3. The van der Waals surface area contributed by atoms with Gasteiger partial charge in [0.1, 0.15) is 0 Å².